The van der Waals surface area contributed by atoms with E-state index in [1.54, 1.807) is 16.1 Å². The van der Waals surface area contributed by atoms with Crippen LogP contribution in [-0.2, 0) is 0 Å². The van der Waals surface area contributed by atoms with Gasteiger partial charge in [-0.15, -0.1) is 11.8 Å². The van der Waals surface area contributed by atoms with Crippen molar-refractivity contribution in [2.24, 2.45) is 23.7 Å². The highest BCUT2D eigenvalue weighted by atomic mass is 32.2. The Hall–Kier alpha value is -0.430. The highest BCUT2D eigenvalue weighted by molar-refractivity contribution is 8.04. The smallest absolute Gasteiger partial charge is 0.0377 e. The van der Waals surface area contributed by atoms with Gasteiger partial charge in [-0.05, 0) is 41.6 Å². The number of hydrogen-bond acceptors (Lipinski definition) is 1. The Morgan fingerprint density at radius 3 is 2.45 bits per heavy atom. The van der Waals surface area contributed by atoms with E-state index >= 15 is 0 Å². The molecule has 20 heavy (non-hydrogen) atoms. The van der Waals surface area contributed by atoms with Crippen LogP contribution in [0.4, 0.5) is 0 Å². The third-order valence-electron chi connectivity index (χ3n) is 5.45. The second-order valence-electron chi connectivity index (χ2n) is 6.66. The molecule has 0 nitrogen and oxygen atoms in total. The van der Waals surface area contributed by atoms with E-state index in [0.717, 1.165) is 5.92 Å². The normalized spacial score (nSPS) is 30.0. The molecule has 0 aromatic heterocycles. The van der Waals surface area contributed by atoms with E-state index in [0.29, 0.717) is 23.0 Å². The molecule has 5 atom stereocenters. The fourth-order valence-electron chi connectivity index (χ4n) is 3.22. The van der Waals surface area contributed by atoms with Crippen LogP contribution >= 0.6 is 11.8 Å². The number of hydrogen-bond donors (Lipinski definition) is 0. The minimum Gasteiger partial charge on any atom is -0.122 e. The van der Waals surface area contributed by atoms with Crippen molar-refractivity contribution in [3.63, 3.8) is 0 Å². The molecule has 1 heteroatoms. The fraction of sp³-hybridized carbons (Fsp3) is 0.684. The van der Waals surface area contributed by atoms with Crippen molar-refractivity contribution < 1.29 is 0 Å². The predicted octanol–water partition coefficient (Wildman–Crippen LogP) is 6.22. The van der Waals surface area contributed by atoms with E-state index in [1.165, 1.54) is 12.8 Å². The highest BCUT2D eigenvalue weighted by Gasteiger charge is 2.35. The lowest BCUT2D eigenvalue weighted by molar-refractivity contribution is 0.439. The van der Waals surface area contributed by atoms with Crippen molar-refractivity contribution in [2.75, 3.05) is 0 Å². The third-order valence-corrected chi connectivity index (χ3v) is 7.10. The van der Waals surface area contributed by atoms with Crippen molar-refractivity contribution in [2.45, 2.75) is 59.6 Å². The topological polar surface area (TPSA) is 0 Å². The number of allylic oxidation sites excluding steroid dienone is 5. The molecule has 1 aliphatic carbocycles. The Balaban J connectivity index is 2.18. The van der Waals surface area contributed by atoms with E-state index in [-0.39, 0.29) is 0 Å². The van der Waals surface area contributed by atoms with Gasteiger partial charge >= 0.3 is 0 Å². The van der Waals surface area contributed by atoms with Gasteiger partial charge < -0.3 is 0 Å². The largest absolute Gasteiger partial charge is 0.122 e. The monoisotopic (exact) mass is 290 g/mol. The lowest BCUT2D eigenvalue weighted by atomic mass is 9.83. The maximum atomic E-state index is 2.54. The Morgan fingerprint density at radius 1 is 1.15 bits per heavy atom. The Kier molecular flexibility index (Phi) is 5.23. The van der Waals surface area contributed by atoms with Gasteiger partial charge in [0.1, 0.15) is 0 Å². The van der Waals surface area contributed by atoms with Gasteiger partial charge in [-0.2, -0.15) is 0 Å². The summed E-state index contributed by atoms with van der Waals surface area (Å²) in [6.45, 7) is 14.1. The predicted molar refractivity (Wildman–Crippen MR) is 92.9 cm³/mol. The van der Waals surface area contributed by atoms with Crippen LogP contribution in [0.2, 0.25) is 0 Å². The van der Waals surface area contributed by atoms with Crippen LogP contribution in [-0.4, -0.2) is 5.25 Å². The van der Waals surface area contributed by atoms with Gasteiger partial charge in [-0.1, -0.05) is 64.8 Å². The molecule has 0 aromatic carbocycles. The molecule has 2 rings (SSSR count). The van der Waals surface area contributed by atoms with Gasteiger partial charge in [0.25, 0.3) is 0 Å². The molecule has 0 amide bonds. The van der Waals surface area contributed by atoms with Crippen LogP contribution in [0, 0.1) is 23.7 Å². The second kappa shape index (κ2) is 6.56. The first-order chi connectivity index (χ1) is 9.49. The number of rotatable bonds is 5. The molecular formula is C19H30S. The molecule has 0 N–H and O–H groups in total. The zero-order valence-corrected chi connectivity index (χ0v) is 14.8. The zero-order valence-electron chi connectivity index (χ0n) is 13.9. The molecule has 0 radical (unpaired) electrons. The van der Waals surface area contributed by atoms with Gasteiger partial charge in [-0.3, -0.25) is 0 Å². The van der Waals surface area contributed by atoms with Gasteiger partial charge in [0.15, 0.2) is 0 Å². The molecule has 0 fully saturated rings. The number of fused-ring (bicyclic) bond motifs is 1. The van der Waals surface area contributed by atoms with Crippen LogP contribution in [0.5, 0.6) is 0 Å². The van der Waals surface area contributed by atoms with Gasteiger partial charge in [0, 0.05) is 11.2 Å². The lowest BCUT2D eigenvalue weighted by Crippen LogP contribution is -2.14. The average molecular weight is 291 g/mol. The molecular weight excluding hydrogens is 260 g/mol. The lowest BCUT2D eigenvalue weighted by Gasteiger charge is -2.22. The van der Waals surface area contributed by atoms with Crippen molar-refractivity contribution in [1.82, 2.24) is 0 Å². The minimum absolute atomic E-state index is 0.648. The molecule has 1 aliphatic heterocycles. The summed E-state index contributed by atoms with van der Waals surface area (Å²) < 4.78 is 0. The van der Waals surface area contributed by atoms with Crippen molar-refractivity contribution in [1.29, 1.82) is 0 Å². The van der Waals surface area contributed by atoms with Crippen molar-refractivity contribution in [3.05, 3.63) is 34.3 Å². The Labute approximate surface area is 129 Å². The maximum Gasteiger partial charge on any atom is 0.0377 e. The molecule has 112 valence electrons. The van der Waals surface area contributed by atoms with Crippen molar-refractivity contribution >= 4 is 11.8 Å². The van der Waals surface area contributed by atoms with Gasteiger partial charge in [-0.25, -0.2) is 0 Å². The molecule has 0 spiro atoms. The molecule has 0 aromatic rings. The minimum atomic E-state index is 0.648. The molecule has 0 bridgehead atoms. The molecule has 2 aliphatic rings. The summed E-state index contributed by atoms with van der Waals surface area (Å²) in [7, 11) is 0. The maximum absolute atomic E-state index is 2.54. The van der Waals surface area contributed by atoms with Crippen LogP contribution in [0.3, 0.4) is 0 Å². The molecule has 0 saturated carbocycles. The standard InChI is InChI=1S/C19H30S/c1-7-12(3)14(5)19-15(6)17-10-9-16(13(4)8-2)11-18(17)20-19/h9-14,17-18H,7-8H2,1-6H3/t12-,13?,14?,17?,18?/m1/s1. The quantitative estimate of drug-likeness (QED) is 0.579. The van der Waals surface area contributed by atoms with Crippen LogP contribution < -0.4 is 0 Å². The third kappa shape index (κ3) is 2.93. The first kappa shape index (κ1) is 15.9. The molecule has 0 saturated heterocycles. The summed E-state index contributed by atoms with van der Waals surface area (Å²) in [6, 6.07) is 0. The van der Waals surface area contributed by atoms with E-state index in [2.05, 4.69) is 71.5 Å². The summed E-state index contributed by atoms with van der Waals surface area (Å²) in [4.78, 5) is 1.67. The number of thioether (sulfide) groups is 1. The Morgan fingerprint density at radius 2 is 1.85 bits per heavy atom. The van der Waals surface area contributed by atoms with E-state index < -0.39 is 0 Å². The van der Waals surface area contributed by atoms with Crippen LogP contribution in [0.25, 0.3) is 0 Å². The second-order valence-corrected chi connectivity index (χ2v) is 7.88. The zero-order chi connectivity index (χ0) is 14.9. The summed E-state index contributed by atoms with van der Waals surface area (Å²) in [5.74, 6) is 2.84. The summed E-state index contributed by atoms with van der Waals surface area (Å²) in [5.41, 5.74) is 3.18. The van der Waals surface area contributed by atoms with E-state index in [4.69, 9.17) is 0 Å². The molecule has 1 heterocycles. The summed E-state index contributed by atoms with van der Waals surface area (Å²) in [5, 5.41) is 0.658. The van der Waals surface area contributed by atoms with Crippen LogP contribution in [0.1, 0.15) is 54.4 Å². The first-order valence-electron chi connectivity index (χ1n) is 8.26. The van der Waals surface area contributed by atoms with E-state index in [9.17, 15) is 0 Å². The van der Waals surface area contributed by atoms with Gasteiger partial charge in [0.2, 0.25) is 0 Å². The van der Waals surface area contributed by atoms with Crippen molar-refractivity contribution in [3.8, 4) is 0 Å². The van der Waals surface area contributed by atoms with E-state index in [1.807, 2.05) is 0 Å². The SMILES string of the molecule is CCC(C)C1=CC2SC(C(C)[C@H](C)CC)=C(C)C2C=C1. The average Bonchev–Trinajstić information content (AvgIpc) is 2.81. The molecule has 4 unspecified atom stereocenters. The first-order valence-corrected chi connectivity index (χ1v) is 9.14. The highest BCUT2D eigenvalue weighted by Crippen LogP contribution is 2.50. The Bertz CT molecular complexity index is 441. The summed E-state index contributed by atoms with van der Waals surface area (Å²) in [6.07, 6.45) is 9.91. The van der Waals surface area contributed by atoms with Gasteiger partial charge in [0.05, 0.1) is 0 Å². The summed E-state index contributed by atoms with van der Waals surface area (Å²) >= 11 is 2.14. The van der Waals surface area contributed by atoms with Crippen LogP contribution in [0.15, 0.2) is 34.3 Å². The fourth-order valence-corrected chi connectivity index (χ4v) is 4.95.